The maximum absolute atomic E-state index is 12.5. The van der Waals surface area contributed by atoms with Crippen LogP contribution in [0.1, 0.15) is 50.1 Å². The number of aryl methyl sites for hydroxylation is 2. The summed E-state index contributed by atoms with van der Waals surface area (Å²) >= 11 is 1.01. The summed E-state index contributed by atoms with van der Waals surface area (Å²) < 4.78 is 10.2. The minimum Gasteiger partial charge on any atom is -0.462 e. The summed E-state index contributed by atoms with van der Waals surface area (Å²) in [6.07, 6.45) is 2.28. The van der Waals surface area contributed by atoms with Gasteiger partial charge in [0.15, 0.2) is 0 Å². The molecule has 2 rings (SSSR count). The number of hydrogen-bond donors (Lipinski definition) is 1. The van der Waals surface area contributed by atoms with E-state index in [9.17, 15) is 14.4 Å². The molecule has 7 heteroatoms. The van der Waals surface area contributed by atoms with Gasteiger partial charge in [0.2, 0.25) is 5.91 Å². The van der Waals surface area contributed by atoms with Crippen molar-refractivity contribution < 1.29 is 23.9 Å². The number of carbonyl (C=O) groups is 3. The average molecular weight is 416 g/mol. The van der Waals surface area contributed by atoms with Gasteiger partial charge in [0.1, 0.15) is 16.5 Å². The molecule has 0 atom stereocenters. The van der Waals surface area contributed by atoms with Crippen LogP contribution in [0.3, 0.4) is 0 Å². The van der Waals surface area contributed by atoms with E-state index in [1.165, 1.54) is 6.08 Å². The van der Waals surface area contributed by atoms with Crippen LogP contribution in [0, 0.1) is 13.8 Å². The summed E-state index contributed by atoms with van der Waals surface area (Å²) in [6.45, 7) is 9.08. The fourth-order valence-corrected chi connectivity index (χ4v) is 3.75. The molecular weight excluding hydrogens is 390 g/mol. The number of rotatable bonds is 9. The molecule has 1 aromatic heterocycles. The Morgan fingerprint density at radius 1 is 1.10 bits per heavy atom. The molecule has 154 valence electrons. The lowest BCUT2D eigenvalue weighted by Gasteiger charge is -2.07. The van der Waals surface area contributed by atoms with Gasteiger partial charge in [0.25, 0.3) is 0 Å². The van der Waals surface area contributed by atoms with Crippen molar-refractivity contribution in [2.75, 3.05) is 18.5 Å². The zero-order valence-corrected chi connectivity index (χ0v) is 17.7. The normalized spacial score (nSPS) is 10.3. The number of thiophene rings is 1. The van der Waals surface area contributed by atoms with Gasteiger partial charge >= 0.3 is 11.9 Å². The third-order valence-corrected chi connectivity index (χ3v) is 5.35. The second kappa shape index (κ2) is 10.6. The number of esters is 2. The fraction of sp³-hybridized carbons (Fsp3) is 0.318. The SMILES string of the molecule is C=CCOC(=O)c1sc(NC(=O)CCc2ccc(C)cc2)c(C(=O)OCC)c1C. The molecule has 0 saturated heterocycles. The van der Waals surface area contributed by atoms with Gasteiger partial charge in [0, 0.05) is 6.42 Å². The molecular formula is C22H25NO5S. The molecule has 0 unspecified atom stereocenters. The number of amides is 1. The highest BCUT2D eigenvalue weighted by Crippen LogP contribution is 2.34. The Kier molecular flexibility index (Phi) is 8.15. The second-order valence-corrected chi connectivity index (χ2v) is 7.42. The molecule has 0 spiro atoms. The number of anilines is 1. The molecule has 0 radical (unpaired) electrons. The van der Waals surface area contributed by atoms with Gasteiger partial charge in [-0.3, -0.25) is 4.79 Å². The third kappa shape index (κ3) is 6.02. The Morgan fingerprint density at radius 3 is 2.41 bits per heavy atom. The highest BCUT2D eigenvalue weighted by molar-refractivity contribution is 7.18. The largest absolute Gasteiger partial charge is 0.462 e. The van der Waals surface area contributed by atoms with E-state index < -0.39 is 11.9 Å². The summed E-state index contributed by atoms with van der Waals surface area (Å²) in [5.74, 6) is -1.40. The van der Waals surface area contributed by atoms with E-state index in [0.29, 0.717) is 17.0 Å². The molecule has 1 aromatic carbocycles. The summed E-state index contributed by atoms with van der Waals surface area (Å²) in [5, 5.41) is 3.05. The molecule has 0 bridgehead atoms. The number of hydrogen-bond acceptors (Lipinski definition) is 6. The van der Waals surface area contributed by atoms with Crippen molar-refractivity contribution in [1.82, 2.24) is 0 Å². The minimum absolute atomic E-state index is 0.0587. The van der Waals surface area contributed by atoms with Gasteiger partial charge in [0.05, 0.1) is 12.2 Å². The van der Waals surface area contributed by atoms with Crippen LogP contribution in [0.15, 0.2) is 36.9 Å². The predicted molar refractivity (Wildman–Crippen MR) is 114 cm³/mol. The first-order valence-corrected chi connectivity index (χ1v) is 10.1. The van der Waals surface area contributed by atoms with E-state index in [1.54, 1.807) is 13.8 Å². The number of ether oxygens (including phenoxy) is 2. The van der Waals surface area contributed by atoms with E-state index in [-0.39, 0.29) is 36.0 Å². The highest BCUT2D eigenvalue weighted by atomic mass is 32.1. The summed E-state index contributed by atoms with van der Waals surface area (Å²) in [4.78, 5) is 37.4. The molecule has 6 nitrogen and oxygen atoms in total. The van der Waals surface area contributed by atoms with Crippen LogP contribution in [0.4, 0.5) is 5.00 Å². The van der Waals surface area contributed by atoms with Gasteiger partial charge in [-0.05, 0) is 38.3 Å². The molecule has 1 amide bonds. The van der Waals surface area contributed by atoms with Crippen molar-refractivity contribution in [3.63, 3.8) is 0 Å². The zero-order chi connectivity index (χ0) is 21.4. The second-order valence-electron chi connectivity index (χ2n) is 6.40. The number of nitrogens with one attached hydrogen (secondary N) is 1. The zero-order valence-electron chi connectivity index (χ0n) is 16.9. The lowest BCUT2D eigenvalue weighted by Crippen LogP contribution is -2.15. The quantitative estimate of drug-likeness (QED) is 0.483. The molecule has 0 aliphatic carbocycles. The van der Waals surface area contributed by atoms with E-state index in [4.69, 9.17) is 9.47 Å². The molecule has 29 heavy (non-hydrogen) atoms. The van der Waals surface area contributed by atoms with E-state index in [1.807, 2.05) is 31.2 Å². The maximum atomic E-state index is 12.5. The third-order valence-electron chi connectivity index (χ3n) is 4.16. The smallest absolute Gasteiger partial charge is 0.348 e. The summed E-state index contributed by atoms with van der Waals surface area (Å²) in [7, 11) is 0. The monoisotopic (exact) mass is 415 g/mol. The Hall–Kier alpha value is -2.93. The summed E-state index contributed by atoms with van der Waals surface area (Å²) in [5.41, 5.74) is 2.82. The van der Waals surface area contributed by atoms with E-state index in [2.05, 4.69) is 11.9 Å². The molecule has 0 fully saturated rings. The van der Waals surface area contributed by atoms with Crippen molar-refractivity contribution in [3.05, 3.63) is 64.1 Å². The predicted octanol–water partition coefficient (Wildman–Crippen LogP) is 4.46. The first-order chi connectivity index (χ1) is 13.9. The van der Waals surface area contributed by atoms with Gasteiger partial charge in [-0.1, -0.05) is 42.5 Å². The Labute approximate surface area is 174 Å². The average Bonchev–Trinajstić information content (AvgIpc) is 3.01. The highest BCUT2D eigenvalue weighted by Gasteiger charge is 2.27. The van der Waals surface area contributed by atoms with Gasteiger partial charge in [-0.15, -0.1) is 11.3 Å². The van der Waals surface area contributed by atoms with E-state index >= 15 is 0 Å². The van der Waals surface area contributed by atoms with Crippen LogP contribution in [0.25, 0.3) is 0 Å². The molecule has 1 heterocycles. The number of carbonyl (C=O) groups excluding carboxylic acids is 3. The van der Waals surface area contributed by atoms with Crippen LogP contribution in [0.5, 0.6) is 0 Å². The van der Waals surface area contributed by atoms with Crippen LogP contribution in [-0.2, 0) is 20.7 Å². The fourth-order valence-electron chi connectivity index (χ4n) is 2.65. The topological polar surface area (TPSA) is 81.7 Å². The van der Waals surface area contributed by atoms with Gasteiger partial charge in [-0.2, -0.15) is 0 Å². The lowest BCUT2D eigenvalue weighted by molar-refractivity contribution is -0.116. The van der Waals surface area contributed by atoms with Crippen molar-refractivity contribution in [2.45, 2.75) is 33.6 Å². The van der Waals surface area contributed by atoms with Crippen molar-refractivity contribution in [3.8, 4) is 0 Å². The first-order valence-electron chi connectivity index (χ1n) is 9.31. The molecule has 0 aliphatic rings. The number of benzene rings is 1. The molecule has 0 saturated carbocycles. The van der Waals surface area contributed by atoms with Crippen molar-refractivity contribution >= 4 is 34.2 Å². The van der Waals surface area contributed by atoms with Crippen molar-refractivity contribution in [1.29, 1.82) is 0 Å². The minimum atomic E-state index is -0.585. The molecule has 0 aliphatic heterocycles. The van der Waals surface area contributed by atoms with Crippen molar-refractivity contribution in [2.24, 2.45) is 0 Å². The summed E-state index contributed by atoms with van der Waals surface area (Å²) in [6, 6.07) is 7.96. The van der Waals surface area contributed by atoms with Crippen LogP contribution in [0.2, 0.25) is 0 Å². The van der Waals surface area contributed by atoms with Crippen LogP contribution < -0.4 is 5.32 Å². The Bertz CT molecular complexity index is 899. The van der Waals surface area contributed by atoms with Gasteiger partial charge < -0.3 is 14.8 Å². The van der Waals surface area contributed by atoms with Gasteiger partial charge in [-0.25, -0.2) is 9.59 Å². The molecule has 2 aromatic rings. The maximum Gasteiger partial charge on any atom is 0.348 e. The Morgan fingerprint density at radius 2 is 1.79 bits per heavy atom. The van der Waals surface area contributed by atoms with E-state index in [0.717, 1.165) is 22.5 Å². The standard InChI is InChI=1S/C22H25NO5S/c1-5-13-28-22(26)19-15(4)18(21(25)27-6-2)20(29-19)23-17(24)12-11-16-9-7-14(3)8-10-16/h5,7-10H,1,6,11-13H2,2-4H3,(H,23,24). The lowest BCUT2D eigenvalue weighted by atomic mass is 10.1. The first kappa shape index (κ1) is 22.4. The Balaban J connectivity index is 2.18. The van der Waals surface area contributed by atoms with Crippen LogP contribution in [-0.4, -0.2) is 31.1 Å². The van der Waals surface area contributed by atoms with Crippen LogP contribution >= 0.6 is 11.3 Å². The molecule has 1 N–H and O–H groups in total.